The van der Waals surface area contributed by atoms with Crippen LogP contribution < -0.4 is 14.4 Å². The molecule has 0 aliphatic carbocycles. The molecule has 3 rings (SSSR count). The summed E-state index contributed by atoms with van der Waals surface area (Å²) in [6.45, 7) is 1.68. The topological polar surface area (TPSA) is 68.3 Å². The highest BCUT2D eigenvalue weighted by Gasteiger charge is 2.40. The van der Waals surface area contributed by atoms with Gasteiger partial charge in [0.05, 0.1) is 27.0 Å². The predicted molar refractivity (Wildman–Crippen MR) is 123 cm³/mol. The van der Waals surface area contributed by atoms with E-state index in [-0.39, 0.29) is 23.3 Å². The van der Waals surface area contributed by atoms with Gasteiger partial charge in [0.2, 0.25) is 0 Å². The molecule has 31 heavy (non-hydrogen) atoms. The molecular formula is C22H21ClN2O5S. The number of esters is 1. The second kappa shape index (κ2) is 9.36. The monoisotopic (exact) mass is 460 g/mol. The van der Waals surface area contributed by atoms with Crippen LogP contribution >= 0.6 is 23.8 Å². The summed E-state index contributed by atoms with van der Waals surface area (Å²) >= 11 is 11.5. The van der Waals surface area contributed by atoms with E-state index in [4.69, 9.17) is 38.0 Å². The number of aryl methyl sites for hydroxylation is 1. The van der Waals surface area contributed by atoms with Gasteiger partial charge < -0.3 is 19.1 Å². The Morgan fingerprint density at radius 2 is 1.71 bits per heavy atom. The van der Waals surface area contributed by atoms with Gasteiger partial charge in [0.15, 0.2) is 16.6 Å². The van der Waals surface area contributed by atoms with Crippen LogP contribution in [0.15, 0.2) is 42.1 Å². The number of amides is 1. The Labute approximate surface area is 190 Å². The summed E-state index contributed by atoms with van der Waals surface area (Å²) in [6.07, 6.45) is 1.67. The van der Waals surface area contributed by atoms with E-state index in [1.54, 1.807) is 43.5 Å². The standard InChI is InChI=1S/C22H21ClN2O5S/c1-13-9-18(28-2)19(29-3)11-14(13)10-17-21(27)25(16-7-5-15(23)6-8-16)22(31)24(17)12-20(26)30-4/h5-11H,12H2,1-4H3/b17-10-. The van der Waals surface area contributed by atoms with E-state index in [1.807, 2.05) is 13.0 Å². The van der Waals surface area contributed by atoms with Gasteiger partial charge in [-0.1, -0.05) is 11.6 Å². The van der Waals surface area contributed by atoms with Gasteiger partial charge in [0, 0.05) is 5.02 Å². The third kappa shape index (κ3) is 4.50. The number of anilines is 1. The molecule has 162 valence electrons. The van der Waals surface area contributed by atoms with Crippen molar-refractivity contribution in [3.8, 4) is 11.5 Å². The maximum absolute atomic E-state index is 13.4. The summed E-state index contributed by atoms with van der Waals surface area (Å²) in [5.74, 6) is 0.195. The van der Waals surface area contributed by atoms with Crippen molar-refractivity contribution in [3.63, 3.8) is 0 Å². The Kier molecular flexibility index (Phi) is 6.82. The van der Waals surface area contributed by atoms with Gasteiger partial charge in [-0.3, -0.25) is 14.5 Å². The maximum Gasteiger partial charge on any atom is 0.325 e. The molecule has 0 radical (unpaired) electrons. The molecule has 1 amide bonds. The van der Waals surface area contributed by atoms with Gasteiger partial charge >= 0.3 is 5.97 Å². The van der Waals surface area contributed by atoms with Crippen LogP contribution in [0.2, 0.25) is 5.02 Å². The smallest absolute Gasteiger partial charge is 0.325 e. The number of nitrogens with zero attached hydrogens (tertiary/aromatic N) is 2. The van der Waals surface area contributed by atoms with E-state index in [9.17, 15) is 9.59 Å². The zero-order chi connectivity index (χ0) is 22.7. The molecule has 0 unspecified atom stereocenters. The number of benzene rings is 2. The molecule has 0 bridgehead atoms. The summed E-state index contributed by atoms with van der Waals surface area (Å²) in [7, 11) is 4.37. The van der Waals surface area contributed by atoms with Crippen LogP contribution in [0.5, 0.6) is 11.5 Å². The quantitative estimate of drug-likeness (QED) is 0.369. The van der Waals surface area contributed by atoms with Gasteiger partial charge in [-0.15, -0.1) is 0 Å². The van der Waals surface area contributed by atoms with Crippen LogP contribution in [-0.4, -0.2) is 49.8 Å². The molecule has 1 aliphatic rings. The van der Waals surface area contributed by atoms with Crippen molar-refractivity contribution in [3.05, 3.63) is 58.2 Å². The predicted octanol–water partition coefficient (Wildman–Crippen LogP) is 3.81. The summed E-state index contributed by atoms with van der Waals surface area (Å²) in [5.41, 5.74) is 2.35. The molecule has 1 fully saturated rings. The second-order valence-corrected chi connectivity index (χ2v) is 7.46. The van der Waals surface area contributed by atoms with Crippen molar-refractivity contribution in [1.82, 2.24) is 4.90 Å². The van der Waals surface area contributed by atoms with Crippen molar-refractivity contribution in [2.75, 3.05) is 32.8 Å². The minimum Gasteiger partial charge on any atom is -0.493 e. The number of carbonyl (C=O) groups is 2. The van der Waals surface area contributed by atoms with E-state index in [2.05, 4.69) is 0 Å². The first-order valence-electron chi connectivity index (χ1n) is 9.23. The Balaban J connectivity index is 2.11. The highest BCUT2D eigenvalue weighted by molar-refractivity contribution is 7.80. The molecule has 1 heterocycles. The van der Waals surface area contributed by atoms with E-state index in [0.29, 0.717) is 22.2 Å². The number of thiocarbonyl (C=S) groups is 1. The first-order chi connectivity index (χ1) is 14.8. The number of carbonyl (C=O) groups excluding carboxylic acids is 2. The van der Waals surface area contributed by atoms with Crippen LogP contribution in [0.3, 0.4) is 0 Å². The molecular weight excluding hydrogens is 440 g/mol. The number of hydrogen-bond donors (Lipinski definition) is 0. The van der Waals surface area contributed by atoms with Gasteiger partial charge in [0.1, 0.15) is 12.2 Å². The zero-order valence-corrected chi connectivity index (χ0v) is 19.0. The molecule has 2 aromatic carbocycles. The highest BCUT2D eigenvalue weighted by Crippen LogP contribution is 2.34. The second-order valence-electron chi connectivity index (χ2n) is 6.66. The van der Waals surface area contributed by atoms with Crippen molar-refractivity contribution in [2.24, 2.45) is 0 Å². The minimum absolute atomic E-state index is 0.169. The molecule has 0 saturated carbocycles. The van der Waals surface area contributed by atoms with E-state index in [0.717, 1.165) is 11.1 Å². The van der Waals surface area contributed by atoms with Crippen molar-refractivity contribution < 1.29 is 23.8 Å². The van der Waals surface area contributed by atoms with Crippen LogP contribution in [0.4, 0.5) is 5.69 Å². The number of ether oxygens (including phenoxy) is 3. The van der Waals surface area contributed by atoms with Crippen molar-refractivity contribution in [2.45, 2.75) is 6.92 Å². The summed E-state index contributed by atoms with van der Waals surface area (Å²) in [5, 5.41) is 0.701. The fourth-order valence-corrected chi connectivity index (χ4v) is 3.62. The van der Waals surface area contributed by atoms with Crippen molar-refractivity contribution in [1.29, 1.82) is 0 Å². The molecule has 0 atom stereocenters. The Hall–Kier alpha value is -3.10. The average molecular weight is 461 g/mol. The van der Waals surface area contributed by atoms with Gasteiger partial charge in [-0.05, 0) is 72.7 Å². The van der Waals surface area contributed by atoms with Gasteiger partial charge in [0.25, 0.3) is 5.91 Å². The molecule has 2 aromatic rings. The number of methoxy groups -OCH3 is 3. The molecule has 7 nitrogen and oxygen atoms in total. The largest absolute Gasteiger partial charge is 0.493 e. The first-order valence-corrected chi connectivity index (χ1v) is 10.0. The molecule has 0 spiro atoms. The highest BCUT2D eigenvalue weighted by atomic mass is 35.5. The summed E-state index contributed by atoms with van der Waals surface area (Å²) < 4.78 is 15.5. The van der Waals surface area contributed by atoms with E-state index >= 15 is 0 Å². The number of rotatable bonds is 6. The molecule has 0 aromatic heterocycles. The van der Waals surface area contributed by atoms with Crippen molar-refractivity contribution >= 4 is 52.6 Å². The van der Waals surface area contributed by atoms with Crippen LogP contribution in [0.25, 0.3) is 6.08 Å². The van der Waals surface area contributed by atoms with Gasteiger partial charge in [-0.25, -0.2) is 0 Å². The molecule has 0 N–H and O–H groups in total. The summed E-state index contributed by atoms with van der Waals surface area (Å²) in [6, 6.07) is 10.3. The third-order valence-electron chi connectivity index (χ3n) is 4.80. The maximum atomic E-state index is 13.4. The number of hydrogen-bond acceptors (Lipinski definition) is 6. The van der Waals surface area contributed by atoms with E-state index < -0.39 is 5.97 Å². The average Bonchev–Trinajstić information content (AvgIpc) is 2.99. The molecule has 1 aliphatic heterocycles. The fourth-order valence-electron chi connectivity index (χ4n) is 3.14. The minimum atomic E-state index is -0.525. The third-order valence-corrected chi connectivity index (χ3v) is 5.45. The molecule has 1 saturated heterocycles. The summed E-state index contributed by atoms with van der Waals surface area (Å²) in [4.78, 5) is 28.2. The molecule has 9 heteroatoms. The zero-order valence-electron chi connectivity index (χ0n) is 17.5. The Morgan fingerprint density at radius 3 is 2.29 bits per heavy atom. The van der Waals surface area contributed by atoms with E-state index in [1.165, 1.54) is 24.0 Å². The lowest BCUT2D eigenvalue weighted by Crippen LogP contribution is -2.35. The van der Waals surface area contributed by atoms with Gasteiger partial charge in [-0.2, -0.15) is 0 Å². The lowest BCUT2D eigenvalue weighted by Gasteiger charge is -2.19. The lowest BCUT2D eigenvalue weighted by molar-refractivity contribution is -0.140. The Bertz CT molecular complexity index is 1070. The fraction of sp³-hybridized carbons (Fsp3) is 0.227. The van der Waals surface area contributed by atoms with Crippen LogP contribution in [0.1, 0.15) is 11.1 Å². The SMILES string of the molecule is COC(=O)CN1C(=S)N(c2ccc(Cl)cc2)C(=O)/C1=C/c1cc(OC)c(OC)cc1C. The Morgan fingerprint density at radius 1 is 1.10 bits per heavy atom. The number of halogens is 1. The van der Waals surface area contributed by atoms with Crippen LogP contribution in [0, 0.1) is 6.92 Å². The first kappa shape index (κ1) is 22.6. The van der Waals surface area contributed by atoms with Crippen LogP contribution in [-0.2, 0) is 14.3 Å². The lowest BCUT2D eigenvalue weighted by atomic mass is 10.1. The normalized spacial score (nSPS) is 14.9.